The Hall–Kier alpha value is -3.56. The molecule has 0 unspecified atom stereocenters. The highest BCUT2D eigenvalue weighted by molar-refractivity contribution is 7.90. The van der Waals surface area contributed by atoms with Crippen LogP contribution in [-0.4, -0.2) is 23.9 Å². The van der Waals surface area contributed by atoms with E-state index in [-0.39, 0.29) is 23.1 Å². The Labute approximate surface area is 199 Å². The molecule has 0 spiro atoms. The lowest BCUT2D eigenvalue weighted by Gasteiger charge is -2.05. The molecule has 0 atom stereocenters. The average Bonchev–Trinajstić information content (AvgIpc) is 3.34. The van der Waals surface area contributed by atoms with Crippen LogP contribution in [0.1, 0.15) is 11.1 Å². The molecule has 5 rings (SSSR count). The van der Waals surface area contributed by atoms with Crippen molar-refractivity contribution in [3.05, 3.63) is 89.9 Å². The van der Waals surface area contributed by atoms with E-state index in [0.717, 1.165) is 15.8 Å². The second kappa shape index (κ2) is 8.66. The first-order valence-electron chi connectivity index (χ1n) is 10.5. The van der Waals surface area contributed by atoms with Gasteiger partial charge in [-0.1, -0.05) is 47.7 Å². The zero-order chi connectivity index (χ0) is 23.9. The zero-order valence-corrected chi connectivity index (χ0v) is 19.8. The molecule has 172 valence electrons. The van der Waals surface area contributed by atoms with Crippen LogP contribution in [0.25, 0.3) is 21.1 Å². The maximum Gasteiger partial charge on any atom is 0.246 e. The summed E-state index contributed by atoms with van der Waals surface area (Å²) in [4.78, 5) is 17.4. The van der Waals surface area contributed by atoms with E-state index in [4.69, 9.17) is 0 Å². The van der Waals surface area contributed by atoms with Crippen molar-refractivity contribution in [3.63, 3.8) is 0 Å². The van der Waals surface area contributed by atoms with Crippen molar-refractivity contribution >= 4 is 53.3 Å². The highest BCUT2D eigenvalue weighted by Gasteiger charge is 2.23. The van der Waals surface area contributed by atoms with Crippen molar-refractivity contribution in [2.75, 3.05) is 5.32 Å². The topological polar surface area (TPSA) is 81.1 Å². The number of carbonyl (C=O) groups is 1. The van der Waals surface area contributed by atoms with Gasteiger partial charge in [0.05, 0.1) is 20.9 Å². The van der Waals surface area contributed by atoms with Gasteiger partial charge in [0.15, 0.2) is 15.0 Å². The first-order chi connectivity index (χ1) is 16.3. The van der Waals surface area contributed by atoms with Crippen LogP contribution in [0.2, 0.25) is 0 Å². The van der Waals surface area contributed by atoms with E-state index in [2.05, 4.69) is 10.3 Å². The summed E-state index contributed by atoms with van der Waals surface area (Å²) < 4.78 is 42.6. The Kier molecular flexibility index (Phi) is 5.66. The van der Waals surface area contributed by atoms with Crippen molar-refractivity contribution < 1.29 is 17.6 Å². The molecular weight excluding hydrogens is 473 g/mol. The summed E-state index contributed by atoms with van der Waals surface area (Å²) >= 11 is 1.39. The number of nitrogens with one attached hydrogen (secondary N) is 1. The van der Waals surface area contributed by atoms with Crippen LogP contribution in [0.5, 0.6) is 0 Å². The lowest BCUT2D eigenvalue weighted by Crippen LogP contribution is -2.18. The van der Waals surface area contributed by atoms with E-state index in [1.165, 1.54) is 35.7 Å². The maximum atomic E-state index is 13.6. The molecule has 5 aromatic rings. The predicted octanol–water partition coefficient (Wildman–Crippen LogP) is 5.31. The van der Waals surface area contributed by atoms with Crippen LogP contribution in [-0.2, 0) is 26.9 Å². The van der Waals surface area contributed by atoms with E-state index >= 15 is 0 Å². The van der Waals surface area contributed by atoms with Gasteiger partial charge in [-0.25, -0.2) is 17.8 Å². The number of sulfone groups is 1. The van der Waals surface area contributed by atoms with Crippen LogP contribution < -0.4 is 5.32 Å². The fourth-order valence-corrected chi connectivity index (χ4v) is 6.46. The minimum atomic E-state index is -3.78. The lowest BCUT2D eigenvalue weighted by atomic mass is 10.2. The molecular formula is C25H20FN3O3S2. The summed E-state index contributed by atoms with van der Waals surface area (Å²) in [7, 11) is -3.78. The number of carbonyl (C=O) groups excluding carboxylic acids is 1. The second-order valence-corrected chi connectivity index (χ2v) is 11.1. The number of thiazole rings is 1. The predicted molar refractivity (Wildman–Crippen MR) is 132 cm³/mol. The van der Waals surface area contributed by atoms with E-state index in [1.54, 1.807) is 34.9 Å². The van der Waals surface area contributed by atoms with E-state index in [1.807, 2.05) is 25.1 Å². The van der Waals surface area contributed by atoms with Gasteiger partial charge >= 0.3 is 0 Å². The molecule has 0 saturated carbocycles. The highest BCUT2D eigenvalue weighted by atomic mass is 32.2. The third-order valence-electron chi connectivity index (χ3n) is 5.44. The molecule has 1 N–H and O–H groups in total. The molecule has 0 bridgehead atoms. The van der Waals surface area contributed by atoms with Gasteiger partial charge in [0, 0.05) is 17.1 Å². The van der Waals surface area contributed by atoms with Gasteiger partial charge in [-0.3, -0.25) is 4.79 Å². The fourth-order valence-electron chi connectivity index (χ4n) is 3.91. The minimum Gasteiger partial charge on any atom is -0.337 e. The van der Waals surface area contributed by atoms with Crippen LogP contribution in [0.15, 0.2) is 77.8 Å². The van der Waals surface area contributed by atoms with Gasteiger partial charge in [0.1, 0.15) is 12.4 Å². The number of halogens is 1. The number of aryl methyl sites for hydroxylation is 1. The number of para-hydroxylation sites is 1. The van der Waals surface area contributed by atoms with Crippen molar-refractivity contribution in [2.24, 2.45) is 0 Å². The monoisotopic (exact) mass is 493 g/mol. The summed E-state index contributed by atoms with van der Waals surface area (Å²) in [6.45, 7) is 1.92. The van der Waals surface area contributed by atoms with Gasteiger partial charge in [-0.05, 0) is 48.4 Å². The Morgan fingerprint density at radius 3 is 2.74 bits per heavy atom. The van der Waals surface area contributed by atoms with Crippen LogP contribution in [0, 0.1) is 12.7 Å². The third-order valence-corrected chi connectivity index (χ3v) is 8.08. The number of rotatable bonds is 6. The quantitative estimate of drug-likeness (QED) is 0.348. The Morgan fingerprint density at radius 2 is 1.91 bits per heavy atom. The molecule has 2 heterocycles. The number of benzene rings is 3. The number of aromatic nitrogens is 2. The van der Waals surface area contributed by atoms with Gasteiger partial charge in [-0.2, -0.15) is 0 Å². The van der Waals surface area contributed by atoms with Crippen LogP contribution in [0.3, 0.4) is 0 Å². The molecule has 34 heavy (non-hydrogen) atoms. The van der Waals surface area contributed by atoms with Crippen LogP contribution >= 0.6 is 11.3 Å². The molecule has 0 aliphatic heterocycles. The van der Waals surface area contributed by atoms with Crippen molar-refractivity contribution in [1.82, 2.24) is 9.55 Å². The molecule has 0 fully saturated rings. The minimum absolute atomic E-state index is 0.0784. The molecule has 0 aliphatic carbocycles. The molecule has 0 aliphatic rings. The van der Waals surface area contributed by atoms with E-state index in [0.29, 0.717) is 21.6 Å². The first kappa shape index (κ1) is 22.2. The molecule has 6 nitrogen and oxygen atoms in total. The Morgan fingerprint density at radius 1 is 1.09 bits per heavy atom. The first-order valence-corrected chi connectivity index (χ1v) is 13.0. The maximum absolute atomic E-state index is 13.6. The summed E-state index contributed by atoms with van der Waals surface area (Å²) in [5.41, 5.74) is 2.90. The number of fused-ring (bicyclic) bond motifs is 2. The lowest BCUT2D eigenvalue weighted by molar-refractivity contribution is -0.116. The summed E-state index contributed by atoms with van der Waals surface area (Å²) in [5.74, 6) is -1.14. The number of nitrogens with zero attached hydrogens (tertiary/aromatic N) is 2. The van der Waals surface area contributed by atoms with E-state index < -0.39 is 15.7 Å². The smallest absolute Gasteiger partial charge is 0.246 e. The Balaban J connectivity index is 1.43. The average molecular weight is 494 g/mol. The number of hydrogen-bond donors (Lipinski definition) is 1. The number of anilines is 1. The fraction of sp³-hybridized carbons (Fsp3) is 0.120. The van der Waals surface area contributed by atoms with Crippen molar-refractivity contribution in [3.8, 4) is 0 Å². The van der Waals surface area contributed by atoms with Gasteiger partial charge < -0.3 is 9.88 Å². The van der Waals surface area contributed by atoms with E-state index in [9.17, 15) is 17.6 Å². The SMILES string of the molecule is Cc1ccc2nc(NC(=O)Cn3cc(S(=O)(=O)Cc4cccc(F)c4)c4ccccc43)sc2c1. The third kappa shape index (κ3) is 4.44. The largest absolute Gasteiger partial charge is 0.337 e. The zero-order valence-electron chi connectivity index (χ0n) is 18.2. The molecule has 9 heteroatoms. The second-order valence-electron chi connectivity index (χ2n) is 8.07. The normalized spacial score (nSPS) is 11.8. The molecule has 2 aromatic heterocycles. The van der Waals surface area contributed by atoms with Crippen molar-refractivity contribution in [1.29, 1.82) is 0 Å². The van der Waals surface area contributed by atoms with Crippen molar-refractivity contribution in [2.45, 2.75) is 24.1 Å². The van der Waals surface area contributed by atoms with Gasteiger partial charge in [0.25, 0.3) is 0 Å². The molecule has 3 aromatic carbocycles. The van der Waals surface area contributed by atoms with Crippen LogP contribution in [0.4, 0.5) is 9.52 Å². The standard InChI is InChI=1S/C25H20FN3O3S2/c1-16-9-10-20-22(11-16)33-25(27-20)28-24(30)14-29-13-23(19-7-2-3-8-21(19)29)34(31,32)15-17-5-4-6-18(26)12-17/h2-13H,14-15H2,1H3,(H,27,28,30). The number of hydrogen-bond acceptors (Lipinski definition) is 5. The number of amides is 1. The van der Waals surface area contributed by atoms with Gasteiger partial charge in [-0.15, -0.1) is 0 Å². The highest BCUT2D eigenvalue weighted by Crippen LogP contribution is 2.29. The Bertz CT molecular complexity index is 1650. The van der Waals surface area contributed by atoms with Gasteiger partial charge in [0.2, 0.25) is 5.91 Å². The molecule has 1 amide bonds. The summed E-state index contributed by atoms with van der Waals surface area (Å²) in [5, 5.41) is 3.82. The summed E-state index contributed by atoms with van der Waals surface area (Å²) in [6.07, 6.45) is 1.47. The molecule has 0 saturated heterocycles. The molecule has 0 radical (unpaired) electrons. The summed E-state index contributed by atoms with van der Waals surface area (Å²) in [6, 6.07) is 18.4.